The molecule has 136 valence electrons. The van der Waals surface area contributed by atoms with Gasteiger partial charge in [0.2, 0.25) is 5.95 Å². The predicted octanol–water partition coefficient (Wildman–Crippen LogP) is 3.12. The molecule has 1 aliphatic heterocycles. The first-order valence-electron chi connectivity index (χ1n) is 9.05. The summed E-state index contributed by atoms with van der Waals surface area (Å²) in [6.07, 6.45) is 10.3. The Hall–Kier alpha value is -2.80. The largest absolute Gasteiger partial charge is 0.352 e. The molecule has 0 saturated heterocycles. The van der Waals surface area contributed by atoms with Crippen LogP contribution in [-0.4, -0.2) is 37.5 Å². The lowest BCUT2D eigenvalue weighted by Crippen LogP contribution is -2.32. The molecule has 0 bridgehead atoms. The molecule has 2 aliphatic rings. The van der Waals surface area contributed by atoms with E-state index < -0.39 is 0 Å². The number of rotatable bonds is 4. The van der Waals surface area contributed by atoms with Gasteiger partial charge in [0.1, 0.15) is 5.82 Å². The van der Waals surface area contributed by atoms with E-state index in [0.29, 0.717) is 16.9 Å². The van der Waals surface area contributed by atoms with E-state index in [1.165, 1.54) is 12.8 Å². The van der Waals surface area contributed by atoms with Crippen LogP contribution in [0.4, 0.5) is 11.8 Å². The van der Waals surface area contributed by atoms with E-state index >= 15 is 0 Å². The Kier molecular flexibility index (Phi) is 4.09. The van der Waals surface area contributed by atoms with Crippen molar-refractivity contribution in [3.8, 4) is 11.4 Å². The van der Waals surface area contributed by atoms with E-state index in [4.69, 9.17) is 16.6 Å². The first-order chi connectivity index (χ1) is 13.3. The monoisotopic (exact) mass is 379 g/mol. The van der Waals surface area contributed by atoms with Crippen LogP contribution in [0.25, 0.3) is 11.4 Å². The second kappa shape index (κ2) is 6.74. The van der Waals surface area contributed by atoms with Crippen molar-refractivity contribution in [2.75, 3.05) is 16.8 Å². The maximum Gasteiger partial charge on any atom is 0.223 e. The van der Waals surface area contributed by atoms with Gasteiger partial charge in [-0.2, -0.15) is 0 Å². The SMILES string of the molecule is Clc1cnc(N2CCc3nc(NC4CC4)ncc3C2)cc1-c1ncccn1. The fourth-order valence-electron chi connectivity index (χ4n) is 3.20. The van der Waals surface area contributed by atoms with E-state index in [2.05, 4.69) is 30.2 Å². The van der Waals surface area contributed by atoms with E-state index in [0.717, 1.165) is 48.1 Å². The predicted molar refractivity (Wildman–Crippen MR) is 104 cm³/mol. The normalized spacial score (nSPS) is 16.1. The van der Waals surface area contributed by atoms with Crippen LogP contribution >= 0.6 is 11.6 Å². The molecule has 1 saturated carbocycles. The molecular weight excluding hydrogens is 362 g/mol. The summed E-state index contributed by atoms with van der Waals surface area (Å²) in [7, 11) is 0. The van der Waals surface area contributed by atoms with Crippen LogP contribution in [0.15, 0.2) is 36.9 Å². The smallest absolute Gasteiger partial charge is 0.223 e. The molecule has 0 aromatic carbocycles. The number of fused-ring (bicyclic) bond motifs is 1. The molecule has 3 aromatic rings. The van der Waals surface area contributed by atoms with Crippen LogP contribution in [-0.2, 0) is 13.0 Å². The van der Waals surface area contributed by atoms with Gasteiger partial charge >= 0.3 is 0 Å². The average molecular weight is 380 g/mol. The molecule has 5 rings (SSSR count). The van der Waals surface area contributed by atoms with Gasteiger partial charge in [-0.25, -0.2) is 24.9 Å². The van der Waals surface area contributed by atoms with Gasteiger partial charge in [-0.05, 0) is 25.0 Å². The molecular formula is C19H18ClN7. The summed E-state index contributed by atoms with van der Waals surface area (Å²) in [6.45, 7) is 1.57. The minimum atomic E-state index is 0.543. The summed E-state index contributed by atoms with van der Waals surface area (Å²) in [4.78, 5) is 24.5. The van der Waals surface area contributed by atoms with Gasteiger partial charge in [0, 0.05) is 61.5 Å². The summed E-state index contributed by atoms with van der Waals surface area (Å²) in [5.74, 6) is 2.20. The van der Waals surface area contributed by atoms with Crippen LogP contribution in [0.3, 0.4) is 0 Å². The summed E-state index contributed by atoms with van der Waals surface area (Å²) < 4.78 is 0. The van der Waals surface area contributed by atoms with E-state index in [1.54, 1.807) is 24.7 Å². The second-order valence-electron chi connectivity index (χ2n) is 6.85. The molecule has 3 aromatic heterocycles. The molecule has 0 amide bonds. The van der Waals surface area contributed by atoms with E-state index in [1.807, 2.05) is 12.3 Å². The lowest BCUT2D eigenvalue weighted by Gasteiger charge is -2.29. The Balaban J connectivity index is 1.40. The fourth-order valence-corrected chi connectivity index (χ4v) is 3.39. The number of anilines is 2. The molecule has 27 heavy (non-hydrogen) atoms. The quantitative estimate of drug-likeness (QED) is 0.745. The molecule has 0 atom stereocenters. The van der Waals surface area contributed by atoms with Crippen molar-refractivity contribution in [3.05, 3.63) is 53.2 Å². The van der Waals surface area contributed by atoms with Crippen LogP contribution in [0, 0.1) is 0 Å². The highest BCUT2D eigenvalue weighted by Crippen LogP contribution is 2.30. The van der Waals surface area contributed by atoms with Crippen molar-refractivity contribution < 1.29 is 0 Å². The molecule has 1 aliphatic carbocycles. The van der Waals surface area contributed by atoms with Crippen molar-refractivity contribution in [3.63, 3.8) is 0 Å². The van der Waals surface area contributed by atoms with E-state index in [9.17, 15) is 0 Å². The Bertz CT molecular complexity index is 975. The van der Waals surface area contributed by atoms with Crippen LogP contribution in [0.5, 0.6) is 0 Å². The molecule has 8 heteroatoms. The molecule has 0 unspecified atom stereocenters. The maximum atomic E-state index is 6.33. The summed E-state index contributed by atoms with van der Waals surface area (Å²) in [5, 5.41) is 3.91. The lowest BCUT2D eigenvalue weighted by molar-refractivity contribution is 0.697. The zero-order chi connectivity index (χ0) is 18.2. The Morgan fingerprint density at radius 3 is 2.74 bits per heavy atom. The first-order valence-corrected chi connectivity index (χ1v) is 9.43. The molecule has 0 radical (unpaired) electrons. The van der Waals surface area contributed by atoms with Crippen molar-refractivity contribution in [1.29, 1.82) is 0 Å². The molecule has 7 nitrogen and oxygen atoms in total. The Morgan fingerprint density at radius 2 is 1.93 bits per heavy atom. The van der Waals surface area contributed by atoms with Gasteiger partial charge in [0.25, 0.3) is 0 Å². The molecule has 0 spiro atoms. The number of nitrogens with zero attached hydrogens (tertiary/aromatic N) is 6. The van der Waals surface area contributed by atoms with Crippen molar-refractivity contribution >= 4 is 23.4 Å². The summed E-state index contributed by atoms with van der Waals surface area (Å²) >= 11 is 6.33. The minimum absolute atomic E-state index is 0.543. The van der Waals surface area contributed by atoms with E-state index in [-0.39, 0.29) is 0 Å². The fraction of sp³-hybridized carbons (Fsp3) is 0.316. The summed E-state index contributed by atoms with van der Waals surface area (Å²) in [6, 6.07) is 4.29. The number of hydrogen-bond donors (Lipinski definition) is 1. The second-order valence-corrected chi connectivity index (χ2v) is 7.26. The van der Waals surface area contributed by atoms with Crippen LogP contribution in [0.2, 0.25) is 5.02 Å². The van der Waals surface area contributed by atoms with Gasteiger partial charge in [-0.15, -0.1) is 0 Å². The first kappa shape index (κ1) is 16.4. The molecule has 1 N–H and O–H groups in total. The number of pyridine rings is 1. The summed E-state index contributed by atoms with van der Waals surface area (Å²) in [5.41, 5.74) is 3.04. The van der Waals surface area contributed by atoms with Gasteiger partial charge in [0.15, 0.2) is 5.82 Å². The van der Waals surface area contributed by atoms with Gasteiger partial charge in [-0.1, -0.05) is 11.6 Å². The maximum absolute atomic E-state index is 6.33. The van der Waals surface area contributed by atoms with Gasteiger partial charge in [0.05, 0.1) is 10.7 Å². The minimum Gasteiger partial charge on any atom is -0.352 e. The molecule has 4 heterocycles. The standard InChI is InChI=1S/C19H18ClN7/c20-15-10-23-17(8-14(15)18-21-5-1-6-22-18)27-7-4-16-12(11-27)9-24-19(26-16)25-13-2-3-13/h1,5-6,8-10,13H,2-4,7,11H2,(H,24,25,26). The number of nitrogens with one attached hydrogen (secondary N) is 1. The highest BCUT2D eigenvalue weighted by atomic mass is 35.5. The van der Waals surface area contributed by atoms with Crippen LogP contribution in [0.1, 0.15) is 24.1 Å². The zero-order valence-electron chi connectivity index (χ0n) is 14.6. The lowest BCUT2D eigenvalue weighted by atomic mass is 10.1. The Morgan fingerprint density at radius 1 is 1.07 bits per heavy atom. The zero-order valence-corrected chi connectivity index (χ0v) is 15.4. The van der Waals surface area contributed by atoms with Crippen molar-refractivity contribution in [2.24, 2.45) is 0 Å². The number of hydrogen-bond acceptors (Lipinski definition) is 7. The third kappa shape index (κ3) is 3.42. The Labute approximate surface area is 161 Å². The molecule has 1 fully saturated rings. The third-order valence-electron chi connectivity index (χ3n) is 4.82. The van der Waals surface area contributed by atoms with Gasteiger partial charge < -0.3 is 10.2 Å². The third-order valence-corrected chi connectivity index (χ3v) is 5.12. The van der Waals surface area contributed by atoms with Crippen LogP contribution < -0.4 is 10.2 Å². The highest BCUT2D eigenvalue weighted by molar-refractivity contribution is 6.33. The number of aromatic nitrogens is 5. The topological polar surface area (TPSA) is 79.7 Å². The average Bonchev–Trinajstić information content (AvgIpc) is 3.53. The highest BCUT2D eigenvalue weighted by Gasteiger charge is 2.24. The number of halogens is 1. The van der Waals surface area contributed by atoms with Crippen molar-refractivity contribution in [1.82, 2.24) is 24.9 Å². The van der Waals surface area contributed by atoms with Crippen molar-refractivity contribution in [2.45, 2.75) is 31.8 Å². The van der Waals surface area contributed by atoms with Gasteiger partial charge in [-0.3, -0.25) is 0 Å².